The number of cyclic esters (lactones) is 2. The fourth-order valence-corrected chi connectivity index (χ4v) is 18.1. The van der Waals surface area contributed by atoms with Crippen molar-refractivity contribution in [1.82, 2.24) is 0 Å². The van der Waals surface area contributed by atoms with E-state index in [2.05, 4.69) is 73.6 Å². The van der Waals surface area contributed by atoms with Crippen molar-refractivity contribution in [2.75, 3.05) is 6.61 Å². The number of esters is 3. The fourth-order valence-electron chi connectivity index (χ4n) is 16.1. The van der Waals surface area contributed by atoms with Gasteiger partial charge in [0.2, 0.25) is 5.76 Å². The van der Waals surface area contributed by atoms with Gasteiger partial charge < -0.3 is 33.5 Å². The van der Waals surface area contributed by atoms with Crippen LogP contribution in [0, 0.1) is 87.8 Å². The molecular weight excluding hydrogens is 1010 g/mol. The summed E-state index contributed by atoms with van der Waals surface area (Å²) in [4.78, 5) is 61.9. The van der Waals surface area contributed by atoms with E-state index in [1.165, 1.54) is 38.5 Å². The lowest BCUT2D eigenvalue weighted by Gasteiger charge is -2.61. The summed E-state index contributed by atoms with van der Waals surface area (Å²) < 4.78 is 67.0. The summed E-state index contributed by atoms with van der Waals surface area (Å²) in [6, 6.07) is 0. The Balaban J connectivity index is 0.891. The van der Waals surface area contributed by atoms with Crippen LogP contribution < -0.4 is 0 Å². The van der Waals surface area contributed by atoms with E-state index in [1.807, 2.05) is 13.8 Å². The van der Waals surface area contributed by atoms with Gasteiger partial charge in [-0.1, -0.05) is 100 Å². The topological polar surface area (TPSA) is 231 Å². The molecule has 8 aliphatic rings. The van der Waals surface area contributed by atoms with Gasteiger partial charge >= 0.3 is 33.6 Å². The van der Waals surface area contributed by atoms with Gasteiger partial charge in [-0.2, -0.15) is 0 Å². The second-order valence-electron chi connectivity index (χ2n) is 26.0. The number of carbonyl (C=O) groups excluding carboxylic acids is 3. The summed E-state index contributed by atoms with van der Waals surface area (Å²) in [7, 11) is -10.5. The van der Waals surface area contributed by atoms with Crippen LogP contribution in [0.4, 0.5) is 0 Å². The molecule has 6 aliphatic carbocycles. The molecule has 0 aromatic heterocycles. The van der Waals surface area contributed by atoms with Crippen molar-refractivity contribution in [3.05, 3.63) is 35.3 Å². The molecule has 8 rings (SSSR count). The minimum absolute atomic E-state index is 0.00822. The lowest BCUT2D eigenvalue weighted by atomic mass is 9.44. The van der Waals surface area contributed by atoms with Gasteiger partial charge in [-0.15, -0.1) is 0 Å². The number of aliphatic hydroxyl groups is 2. The maximum atomic E-state index is 13.9. The van der Waals surface area contributed by atoms with Crippen molar-refractivity contribution < 1.29 is 75.8 Å². The third-order valence-electron chi connectivity index (χ3n) is 20.9. The lowest BCUT2D eigenvalue weighted by Crippen LogP contribution is -2.54. The number of fused-ring (bicyclic) bond motifs is 6. The van der Waals surface area contributed by atoms with E-state index in [0.717, 1.165) is 36.7 Å². The molecule has 4 N–H and O–H groups in total. The molecule has 0 radical (unpaired) electrons. The quantitative estimate of drug-likeness (QED) is 0.0476. The molecule has 0 aromatic rings. The summed E-state index contributed by atoms with van der Waals surface area (Å²) in [5.41, 5.74) is 1.50. The average molecular weight is 1110 g/mol. The number of phosphoric ester groups is 2. The molecule has 0 aromatic carbocycles. The molecule has 0 amide bonds. The Morgan fingerprint density at radius 3 is 2.25 bits per heavy atom. The van der Waals surface area contributed by atoms with Gasteiger partial charge in [0.15, 0.2) is 6.10 Å². The summed E-state index contributed by atoms with van der Waals surface area (Å²) in [5, 5.41) is 20.6. The van der Waals surface area contributed by atoms with E-state index < -0.39 is 82.6 Å². The van der Waals surface area contributed by atoms with Crippen molar-refractivity contribution in [2.24, 2.45) is 87.8 Å². The highest BCUT2D eigenvalue weighted by Gasteiger charge is 2.61. The number of phosphoric acid groups is 2. The molecule has 430 valence electrons. The van der Waals surface area contributed by atoms with Crippen LogP contribution in [0.2, 0.25) is 0 Å². The van der Waals surface area contributed by atoms with Gasteiger partial charge in [0.25, 0.3) is 5.76 Å². The van der Waals surface area contributed by atoms with Crippen molar-refractivity contribution in [3.8, 4) is 0 Å². The zero-order valence-electron chi connectivity index (χ0n) is 47.0. The van der Waals surface area contributed by atoms with Crippen LogP contribution in [0.15, 0.2) is 35.3 Å². The second kappa shape index (κ2) is 23.9. The third-order valence-corrected chi connectivity index (χ3v) is 22.9. The number of allylic oxidation sites excluding steroid dienone is 3. The van der Waals surface area contributed by atoms with E-state index in [1.54, 1.807) is 0 Å². The van der Waals surface area contributed by atoms with Gasteiger partial charge in [0.1, 0.15) is 18.3 Å². The highest BCUT2D eigenvalue weighted by molar-refractivity contribution is 7.48. The van der Waals surface area contributed by atoms with Gasteiger partial charge in [0, 0.05) is 12.3 Å². The normalized spacial score (nSPS) is 40.4. The first-order chi connectivity index (χ1) is 35.8. The van der Waals surface area contributed by atoms with Crippen LogP contribution in [0.25, 0.3) is 0 Å². The molecule has 2 heterocycles. The standard InChI is InChI=1S/C58H92O16P2/c1-11-34(5)55(62)69-49-27-33(4)26-38-15-14-36(7)43(51(38)49)19-17-40-29-42(30-50(61)68-40)72-76(66,67)73-53-52(48(60)31-59)70-56(63)54(53)74-75(64,65)71-41-22-24-57(9)39(28-41)16-18-44-46-21-20-45(58(46,10)25-23-47(44)57)37(8)13-12-35(6)32(2)3/h14-15,26,32-37,39-49,51-52,59-60H,11-13,16-25,27-31H2,1-10H3,(H,64,65)(H,66,67)/t33-,34-,35+,36-,37+,39-,40+,41?,42?,43-,44-,45?,46-,47-,48?,49-,51-,52?,57-,58+/m0/s1. The minimum Gasteiger partial charge on any atom is -0.462 e. The Morgan fingerprint density at radius 2 is 1.54 bits per heavy atom. The number of aliphatic hydroxyl groups excluding tert-OH is 2. The number of ether oxygens (including phenoxy) is 3. The summed E-state index contributed by atoms with van der Waals surface area (Å²) in [6.45, 7) is 21.6. The molecule has 18 heteroatoms. The molecule has 16 nitrogen and oxygen atoms in total. The molecule has 2 aliphatic heterocycles. The van der Waals surface area contributed by atoms with Crippen LogP contribution in [0.3, 0.4) is 0 Å². The highest BCUT2D eigenvalue weighted by atomic mass is 31.2. The monoisotopic (exact) mass is 1110 g/mol. The average Bonchev–Trinajstić information content (AvgIpc) is 3.86. The SMILES string of the molecule is CC[C@H](C)C(=O)O[C@H]1C[C@@H](C)C=C2C=C[C@H](C)[C@H](CC[C@@H]3CC(OP(=O)(O)OC4=C(OP(=O)(O)OC5CC[C@@]6(C)[C@@H](CC[C@@H]7[C@@H]6CC[C@]6(C)C([C@H](C)CC[C@@H](C)C(C)C)CC[C@@H]76)C5)C(=O)OC4C(O)CO)CC(=O)O3)[C@H]21. The minimum atomic E-state index is -5.34. The number of carbonyl (C=O) groups is 3. The molecule has 22 atom stereocenters. The smallest absolute Gasteiger partial charge is 0.462 e. The van der Waals surface area contributed by atoms with Crippen LogP contribution in [0.5, 0.6) is 0 Å². The van der Waals surface area contributed by atoms with E-state index in [-0.39, 0.29) is 59.4 Å². The van der Waals surface area contributed by atoms with E-state index in [4.69, 9.17) is 32.3 Å². The van der Waals surface area contributed by atoms with Crippen molar-refractivity contribution in [3.63, 3.8) is 0 Å². The summed E-state index contributed by atoms with van der Waals surface area (Å²) in [5.74, 6) is 0.790. The molecular formula is C58H92O16P2. The van der Waals surface area contributed by atoms with E-state index >= 15 is 0 Å². The Labute approximate surface area is 452 Å². The Morgan fingerprint density at radius 1 is 0.842 bits per heavy atom. The van der Waals surface area contributed by atoms with E-state index in [0.29, 0.717) is 73.5 Å². The molecule has 0 spiro atoms. The second-order valence-corrected chi connectivity index (χ2v) is 28.6. The van der Waals surface area contributed by atoms with Gasteiger partial charge in [-0.25, -0.2) is 13.9 Å². The molecule has 5 fully saturated rings. The summed E-state index contributed by atoms with van der Waals surface area (Å²) in [6.07, 6.45) is 13.1. The largest absolute Gasteiger partial charge is 0.528 e. The van der Waals surface area contributed by atoms with Crippen LogP contribution >= 0.6 is 15.6 Å². The van der Waals surface area contributed by atoms with Gasteiger partial charge in [0.05, 0.1) is 31.2 Å². The fraction of sp³-hybridized carbons (Fsp3) is 0.845. The predicted octanol–water partition coefficient (Wildman–Crippen LogP) is 11.7. The zero-order valence-corrected chi connectivity index (χ0v) is 48.8. The number of hydrogen-bond donors (Lipinski definition) is 4. The maximum Gasteiger partial charge on any atom is 0.528 e. The Bertz CT molecular complexity index is 2300. The van der Waals surface area contributed by atoms with Gasteiger partial charge in [-0.05, 0) is 165 Å². The van der Waals surface area contributed by atoms with Crippen LogP contribution in [0.1, 0.15) is 178 Å². The first kappa shape index (κ1) is 59.6. The van der Waals surface area contributed by atoms with Crippen molar-refractivity contribution in [1.29, 1.82) is 0 Å². The van der Waals surface area contributed by atoms with Crippen molar-refractivity contribution >= 4 is 33.6 Å². The molecule has 0 bridgehead atoms. The van der Waals surface area contributed by atoms with Crippen LogP contribution in [-0.2, 0) is 55.8 Å². The highest BCUT2D eigenvalue weighted by Crippen LogP contribution is 2.69. The summed E-state index contributed by atoms with van der Waals surface area (Å²) >= 11 is 0. The van der Waals surface area contributed by atoms with E-state index in [9.17, 15) is 43.5 Å². The van der Waals surface area contributed by atoms with Crippen molar-refractivity contribution in [2.45, 2.75) is 215 Å². The molecule has 7 unspecified atom stereocenters. The first-order valence-corrected chi connectivity index (χ1v) is 32.2. The van der Waals surface area contributed by atoms with Crippen LogP contribution in [-0.4, -0.2) is 81.1 Å². The molecule has 4 saturated carbocycles. The van der Waals surface area contributed by atoms with Gasteiger partial charge in [-0.3, -0.25) is 28.4 Å². The lowest BCUT2D eigenvalue weighted by molar-refractivity contribution is -0.162. The maximum absolute atomic E-state index is 13.9. The zero-order chi connectivity index (χ0) is 55.2. The first-order valence-electron chi connectivity index (χ1n) is 29.2. The Hall–Kier alpha value is -2.55. The third kappa shape index (κ3) is 12.8. The molecule has 76 heavy (non-hydrogen) atoms. The molecule has 1 saturated heterocycles. The number of rotatable bonds is 21. The number of hydrogen-bond acceptors (Lipinski definition) is 14. The predicted molar refractivity (Wildman–Crippen MR) is 284 cm³/mol. The Kier molecular flexibility index (Phi) is 18.7.